The van der Waals surface area contributed by atoms with Gasteiger partial charge in [-0.15, -0.1) is 0 Å². The van der Waals surface area contributed by atoms with Gasteiger partial charge in [-0.25, -0.2) is 4.79 Å². The number of phenolic OH excluding ortho intramolecular Hbond substituents is 1. The average Bonchev–Trinajstić information content (AvgIpc) is 2.77. The van der Waals surface area contributed by atoms with Gasteiger partial charge in [-0.2, -0.15) is 0 Å². The lowest BCUT2D eigenvalue weighted by Crippen LogP contribution is -2.63. The summed E-state index contributed by atoms with van der Waals surface area (Å²) in [6, 6.07) is 10.6. The van der Waals surface area contributed by atoms with Crippen LogP contribution >= 0.6 is 0 Å². The number of benzene rings is 2. The summed E-state index contributed by atoms with van der Waals surface area (Å²) in [6.45, 7) is 12.2. The molecule has 0 aliphatic heterocycles. The van der Waals surface area contributed by atoms with E-state index in [1.165, 1.54) is 19.3 Å². The summed E-state index contributed by atoms with van der Waals surface area (Å²) in [7, 11) is 0. The van der Waals surface area contributed by atoms with Gasteiger partial charge in [-0.1, -0.05) is 53.7 Å². The number of primary amides is 1. The highest BCUT2D eigenvalue weighted by atomic mass is 16.3. The first kappa shape index (κ1) is 26.6. The standard InChI is InChI=1S/C32H43N3O3/c1-30(2,3)23-14-22(15-24(27(23)36)31(4,5)6)28(37)34-25-9-7-8-10-26(25)35(29(33)38)32-16-19-11-20(17-32)13-21(12-19)18-32/h7-10,14-15,19-21,36H,11-13,16-18H2,1-6H3,(H2,33,38)(H,34,37). The number of carbonyl (C=O) groups excluding carboxylic acids is 2. The minimum absolute atomic E-state index is 0.240. The highest BCUT2D eigenvalue weighted by Crippen LogP contribution is 2.58. The van der Waals surface area contributed by atoms with Crippen LogP contribution in [-0.2, 0) is 10.8 Å². The number of phenols is 1. The van der Waals surface area contributed by atoms with Crippen molar-refractivity contribution >= 4 is 23.3 Å². The van der Waals surface area contributed by atoms with E-state index in [4.69, 9.17) is 5.73 Å². The third-order valence-electron chi connectivity index (χ3n) is 9.08. The molecule has 4 N–H and O–H groups in total. The molecule has 2 aromatic rings. The van der Waals surface area contributed by atoms with Crippen LogP contribution in [0.15, 0.2) is 36.4 Å². The van der Waals surface area contributed by atoms with Crippen LogP contribution < -0.4 is 16.0 Å². The Morgan fingerprint density at radius 1 is 0.895 bits per heavy atom. The average molecular weight is 518 g/mol. The number of anilines is 2. The zero-order chi connectivity index (χ0) is 27.6. The molecule has 0 radical (unpaired) electrons. The summed E-state index contributed by atoms with van der Waals surface area (Å²) >= 11 is 0. The molecule has 6 nitrogen and oxygen atoms in total. The molecule has 0 aromatic heterocycles. The van der Waals surface area contributed by atoms with Crippen LogP contribution in [0.5, 0.6) is 5.75 Å². The second-order valence-corrected chi connectivity index (χ2v) is 14.2. The van der Waals surface area contributed by atoms with E-state index in [1.807, 2.05) is 70.7 Å². The Morgan fingerprint density at radius 2 is 1.37 bits per heavy atom. The fraction of sp³-hybridized carbons (Fsp3) is 0.562. The number of nitrogens with one attached hydrogen (secondary N) is 1. The fourth-order valence-corrected chi connectivity index (χ4v) is 7.82. The number of hydrogen-bond donors (Lipinski definition) is 3. The van der Waals surface area contributed by atoms with Crippen molar-refractivity contribution in [2.24, 2.45) is 23.5 Å². The first-order valence-electron chi connectivity index (χ1n) is 14.1. The SMILES string of the molecule is CC(C)(C)c1cc(C(=O)Nc2ccccc2N(C(N)=O)C23CC4CC(CC(C4)C2)C3)cc(C(C)(C)C)c1O. The zero-order valence-corrected chi connectivity index (χ0v) is 23.7. The topological polar surface area (TPSA) is 95.7 Å². The maximum Gasteiger partial charge on any atom is 0.319 e. The van der Waals surface area contributed by atoms with Gasteiger partial charge in [0.25, 0.3) is 5.91 Å². The van der Waals surface area contributed by atoms with Crippen LogP contribution in [0, 0.1) is 17.8 Å². The molecule has 0 unspecified atom stereocenters. The first-order valence-corrected chi connectivity index (χ1v) is 14.1. The summed E-state index contributed by atoms with van der Waals surface area (Å²) in [5.41, 5.74) is 8.32. The van der Waals surface area contributed by atoms with Gasteiger partial charge in [-0.05, 0) is 91.4 Å². The highest BCUT2D eigenvalue weighted by Gasteiger charge is 2.55. The number of nitrogens with two attached hydrogens (primary N) is 1. The molecule has 4 saturated carbocycles. The van der Waals surface area contributed by atoms with Gasteiger partial charge in [0.05, 0.1) is 16.9 Å². The van der Waals surface area contributed by atoms with Crippen molar-refractivity contribution in [2.75, 3.05) is 10.2 Å². The molecule has 3 amide bonds. The van der Waals surface area contributed by atoms with E-state index in [2.05, 4.69) is 5.32 Å². The van der Waals surface area contributed by atoms with Crippen LogP contribution in [0.1, 0.15) is 102 Å². The van der Waals surface area contributed by atoms with Crippen LogP contribution in [0.25, 0.3) is 0 Å². The summed E-state index contributed by atoms with van der Waals surface area (Å²) in [5, 5.41) is 14.2. The van der Waals surface area contributed by atoms with Crippen molar-refractivity contribution in [3.63, 3.8) is 0 Å². The van der Waals surface area contributed by atoms with E-state index in [1.54, 1.807) is 12.1 Å². The van der Waals surface area contributed by atoms with E-state index < -0.39 is 6.03 Å². The quantitative estimate of drug-likeness (QED) is 0.404. The number of urea groups is 1. The van der Waals surface area contributed by atoms with Gasteiger partial charge in [-0.3, -0.25) is 9.69 Å². The smallest absolute Gasteiger partial charge is 0.319 e. The van der Waals surface area contributed by atoms with Gasteiger partial charge in [0.1, 0.15) is 5.75 Å². The van der Waals surface area contributed by atoms with Crippen molar-refractivity contribution in [1.29, 1.82) is 0 Å². The molecule has 204 valence electrons. The first-order chi connectivity index (χ1) is 17.7. The molecular weight excluding hydrogens is 474 g/mol. The van der Waals surface area contributed by atoms with Crippen molar-refractivity contribution in [1.82, 2.24) is 0 Å². The molecule has 2 aromatic carbocycles. The molecule has 4 fully saturated rings. The van der Waals surface area contributed by atoms with E-state index in [9.17, 15) is 14.7 Å². The molecule has 0 saturated heterocycles. The number of para-hydroxylation sites is 2. The summed E-state index contributed by atoms with van der Waals surface area (Å²) in [6.07, 6.45) is 6.72. The fourth-order valence-electron chi connectivity index (χ4n) is 7.82. The molecule has 38 heavy (non-hydrogen) atoms. The summed E-state index contributed by atoms with van der Waals surface area (Å²) < 4.78 is 0. The van der Waals surface area contributed by atoms with Crippen molar-refractivity contribution in [3.8, 4) is 5.75 Å². The predicted octanol–water partition coefficient (Wildman–Crippen LogP) is 7.09. The normalized spacial score (nSPS) is 26.3. The number of nitrogens with zero attached hydrogens (tertiary/aromatic N) is 1. The van der Waals surface area contributed by atoms with Crippen molar-refractivity contribution in [3.05, 3.63) is 53.1 Å². The number of aromatic hydroxyl groups is 1. The molecule has 6 heteroatoms. The van der Waals surface area contributed by atoms with E-state index in [-0.39, 0.29) is 28.0 Å². The molecule has 4 bridgehead atoms. The lowest BCUT2D eigenvalue weighted by atomic mass is 9.52. The predicted molar refractivity (Wildman–Crippen MR) is 153 cm³/mol. The largest absolute Gasteiger partial charge is 0.507 e. The Bertz CT molecular complexity index is 1200. The van der Waals surface area contributed by atoms with E-state index >= 15 is 0 Å². The van der Waals surface area contributed by atoms with Crippen LogP contribution in [-0.4, -0.2) is 22.6 Å². The number of amides is 3. The maximum atomic E-state index is 13.7. The Kier molecular flexibility index (Phi) is 6.32. The van der Waals surface area contributed by atoms with E-state index in [0.29, 0.717) is 34.7 Å². The number of rotatable bonds is 4. The molecule has 6 rings (SSSR count). The molecule has 0 atom stereocenters. The number of carbonyl (C=O) groups is 2. The highest BCUT2D eigenvalue weighted by molar-refractivity contribution is 6.08. The van der Waals surface area contributed by atoms with Crippen molar-refractivity contribution in [2.45, 2.75) is 96.4 Å². The monoisotopic (exact) mass is 517 g/mol. The second-order valence-electron chi connectivity index (χ2n) is 14.2. The van der Waals surface area contributed by atoms with Gasteiger partial charge in [0.2, 0.25) is 0 Å². The van der Waals surface area contributed by atoms with Gasteiger partial charge < -0.3 is 16.2 Å². The van der Waals surface area contributed by atoms with Gasteiger partial charge in [0, 0.05) is 16.7 Å². The zero-order valence-electron chi connectivity index (χ0n) is 23.7. The van der Waals surface area contributed by atoms with Crippen LogP contribution in [0.2, 0.25) is 0 Å². The lowest BCUT2D eigenvalue weighted by Gasteiger charge is -2.60. The Hall–Kier alpha value is -3.02. The third-order valence-corrected chi connectivity index (χ3v) is 9.08. The second kappa shape index (κ2) is 9.03. The minimum atomic E-state index is -0.455. The van der Waals surface area contributed by atoms with Gasteiger partial charge in [0.15, 0.2) is 0 Å². The molecule has 4 aliphatic carbocycles. The van der Waals surface area contributed by atoms with Crippen molar-refractivity contribution < 1.29 is 14.7 Å². The molecular formula is C32H43N3O3. The minimum Gasteiger partial charge on any atom is -0.507 e. The van der Waals surface area contributed by atoms with Gasteiger partial charge >= 0.3 is 6.03 Å². The molecule has 4 aliphatic rings. The van der Waals surface area contributed by atoms with Crippen LogP contribution in [0.4, 0.5) is 16.2 Å². The van der Waals surface area contributed by atoms with Crippen LogP contribution in [0.3, 0.4) is 0 Å². The Labute approximate surface area is 227 Å². The third kappa shape index (κ3) is 4.67. The summed E-state index contributed by atoms with van der Waals surface area (Å²) in [4.78, 5) is 28.6. The molecule has 0 heterocycles. The maximum absolute atomic E-state index is 13.7. The number of hydrogen-bond acceptors (Lipinski definition) is 3. The Morgan fingerprint density at radius 3 is 1.82 bits per heavy atom. The summed E-state index contributed by atoms with van der Waals surface area (Å²) in [5.74, 6) is 1.91. The Balaban J connectivity index is 1.53. The van der Waals surface area contributed by atoms with E-state index in [0.717, 1.165) is 30.4 Å². The lowest BCUT2D eigenvalue weighted by molar-refractivity contribution is -0.000168. The molecule has 0 spiro atoms.